The highest BCUT2D eigenvalue weighted by molar-refractivity contribution is 5.80. The lowest BCUT2D eigenvalue weighted by atomic mass is 9.87. The number of carbonyl (C=O) groups is 1. The summed E-state index contributed by atoms with van der Waals surface area (Å²) in [6.07, 6.45) is 6.46. The molecule has 7 heteroatoms. The highest BCUT2D eigenvalue weighted by atomic mass is 16.2. The van der Waals surface area contributed by atoms with Gasteiger partial charge in [0.1, 0.15) is 0 Å². The Labute approximate surface area is 215 Å². The molecule has 0 aliphatic carbocycles. The fourth-order valence-electron chi connectivity index (χ4n) is 6.06. The van der Waals surface area contributed by atoms with E-state index in [1.165, 1.54) is 41.8 Å². The molecule has 2 saturated heterocycles. The zero-order chi connectivity index (χ0) is 25.4. The number of nitrogens with zero attached hydrogens (tertiary/aromatic N) is 5. The number of anilines is 1. The van der Waals surface area contributed by atoms with Gasteiger partial charge in [-0.3, -0.25) is 4.90 Å². The number of aromatic nitrogens is 2. The molecule has 0 spiro atoms. The number of likely N-dealkylation sites (tertiary alicyclic amines) is 1. The van der Waals surface area contributed by atoms with Gasteiger partial charge in [0.2, 0.25) is 0 Å². The number of hydrogen-bond acceptors (Lipinski definition) is 4. The van der Waals surface area contributed by atoms with Crippen molar-refractivity contribution in [2.45, 2.75) is 65.1 Å². The summed E-state index contributed by atoms with van der Waals surface area (Å²) in [5, 5.41) is 7.59. The third-order valence-corrected chi connectivity index (χ3v) is 7.97. The van der Waals surface area contributed by atoms with Gasteiger partial charge in [-0.1, -0.05) is 24.3 Å². The summed E-state index contributed by atoms with van der Waals surface area (Å²) in [4.78, 5) is 19.3. The summed E-state index contributed by atoms with van der Waals surface area (Å²) in [6.45, 7) is 15.2. The van der Waals surface area contributed by atoms with E-state index in [1.54, 1.807) is 0 Å². The van der Waals surface area contributed by atoms with Gasteiger partial charge < -0.3 is 15.1 Å². The van der Waals surface area contributed by atoms with Gasteiger partial charge in [-0.15, -0.1) is 0 Å². The van der Waals surface area contributed by atoms with Crippen molar-refractivity contribution in [2.24, 2.45) is 0 Å². The number of hydrogen-bond donors (Lipinski definition) is 1. The molecule has 0 radical (unpaired) electrons. The monoisotopic (exact) mass is 488 g/mol. The van der Waals surface area contributed by atoms with Crippen LogP contribution in [0.25, 0.3) is 16.6 Å². The molecular weight excluding hydrogens is 448 g/mol. The maximum absolute atomic E-state index is 12.4. The minimum Gasteiger partial charge on any atom is -0.366 e. The molecule has 7 nitrogen and oxygen atoms in total. The molecule has 2 aromatic heterocycles. The first-order valence-electron chi connectivity index (χ1n) is 13.4. The molecule has 2 fully saturated rings. The van der Waals surface area contributed by atoms with Gasteiger partial charge in [-0.2, -0.15) is 5.10 Å². The minimum absolute atomic E-state index is 0.0286. The summed E-state index contributed by atoms with van der Waals surface area (Å²) in [5.41, 5.74) is 6.17. The molecule has 2 aliphatic rings. The smallest absolute Gasteiger partial charge is 0.317 e. The van der Waals surface area contributed by atoms with E-state index in [-0.39, 0.29) is 17.6 Å². The maximum Gasteiger partial charge on any atom is 0.317 e. The van der Waals surface area contributed by atoms with E-state index in [0.717, 1.165) is 18.6 Å². The number of amides is 2. The van der Waals surface area contributed by atoms with Crippen molar-refractivity contribution in [3.63, 3.8) is 0 Å². The zero-order valence-corrected chi connectivity index (χ0v) is 22.4. The summed E-state index contributed by atoms with van der Waals surface area (Å²) < 4.78 is 1.98. The predicted molar refractivity (Wildman–Crippen MR) is 147 cm³/mol. The Balaban J connectivity index is 1.35. The van der Waals surface area contributed by atoms with E-state index in [9.17, 15) is 4.79 Å². The van der Waals surface area contributed by atoms with Gasteiger partial charge in [0.15, 0.2) is 0 Å². The Morgan fingerprint density at radius 1 is 0.972 bits per heavy atom. The van der Waals surface area contributed by atoms with Crippen LogP contribution < -0.4 is 10.2 Å². The molecule has 1 atom stereocenters. The van der Waals surface area contributed by atoms with Crippen LogP contribution in [0.4, 0.5) is 10.5 Å². The summed E-state index contributed by atoms with van der Waals surface area (Å²) in [6, 6.07) is 14.2. The predicted octanol–water partition coefficient (Wildman–Crippen LogP) is 4.96. The van der Waals surface area contributed by atoms with Crippen LogP contribution in [0.3, 0.4) is 0 Å². The van der Waals surface area contributed by atoms with Crippen molar-refractivity contribution in [3.05, 3.63) is 54.4 Å². The van der Waals surface area contributed by atoms with Gasteiger partial charge in [0.25, 0.3) is 0 Å². The Hall–Kier alpha value is -3.06. The fourth-order valence-corrected chi connectivity index (χ4v) is 6.06. The second kappa shape index (κ2) is 9.77. The normalized spacial score (nSPS) is 21.2. The second-order valence-corrected chi connectivity index (χ2v) is 11.1. The molecule has 1 aromatic carbocycles. The average Bonchev–Trinajstić information content (AvgIpc) is 3.48. The van der Waals surface area contributed by atoms with Crippen LogP contribution in [-0.4, -0.2) is 70.3 Å². The number of carbonyl (C=O) groups excluding carboxylic acids is 1. The Morgan fingerprint density at radius 3 is 2.36 bits per heavy atom. The average molecular weight is 489 g/mol. The van der Waals surface area contributed by atoms with E-state index in [4.69, 9.17) is 0 Å². The van der Waals surface area contributed by atoms with Crippen molar-refractivity contribution in [1.82, 2.24) is 24.7 Å². The van der Waals surface area contributed by atoms with Crippen LogP contribution >= 0.6 is 0 Å². The quantitative estimate of drug-likeness (QED) is 0.552. The van der Waals surface area contributed by atoms with Crippen LogP contribution in [0.1, 0.15) is 53.0 Å². The van der Waals surface area contributed by atoms with Crippen molar-refractivity contribution >= 4 is 17.2 Å². The summed E-state index contributed by atoms with van der Waals surface area (Å²) in [5.74, 6) is 0. The molecule has 0 unspecified atom stereocenters. The minimum atomic E-state index is 0.0286. The topological polar surface area (TPSA) is 56.1 Å². The van der Waals surface area contributed by atoms with Crippen molar-refractivity contribution in [1.29, 1.82) is 0 Å². The molecule has 2 aliphatic heterocycles. The molecule has 1 N–H and O–H groups in total. The third kappa shape index (κ3) is 4.57. The number of nitrogens with one attached hydrogen (secondary N) is 1. The van der Waals surface area contributed by atoms with Gasteiger partial charge in [-0.05, 0) is 77.3 Å². The SMILES string of the molecule is CC(C)NC(=O)N1CCN(c2ccnn3cc(-c4ccc([C@]5(C)CCCN5C(C)C)cc4)cc23)CC1. The second-order valence-electron chi connectivity index (χ2n) is 11.1. The Kier molecular flexibility index (Phi) is 6.68. The first-order valence-corrected chi connectivity index (χ1v) is 13.4. The van der Waals surface area contributed by atoms with Gasteiger partial charge in [0, 0.05) is 61.8 Å². The summed E-state index contributed by atoms with van der Waals surface area (Å²) >= 11 is 0. The molecule has 3 aromatic rings. The first kappa shape index (κ1) is 24.6. The summed E-state index contributed by atoms with van der Waals surface area (Å²) in [7, 11) is 0. The highest BCUT2D eigenvalue weighted by Gasteiger charge is 2.39. The van der Waals surface area contributed by atoms with E-state index in [0.29, 0.717) is 19.1 Å². The Morgan fingerprint density at radius 2 is 1.69 bits per heavy atom. The maximum atomic E-state index is 12.4. The molecular formula is C29H40N6O. The first-order chi connectivity index (χ1) is 17.3. The Bertz CT molecular complexity index is 1210. The molecule has 5 rings (SSSR count). The van der Waals surface area contributed by atoms with E-state index in [2.05, 4.69) is 83.6 Å². The number of fused-ring (bicyclic) bond motifs is 1. The molecule has 4 heterocycles. The van der Waals surface area contributed by atoms with Crippen molar-refractivity contribution in [3.8, 4) is 11.1 Å². The van der Waals surface area contributed by atoms with Crippen molar-refractivity contribution in [2.75, 3.05) is 37.6 Å². The van der Waals surface area contributed by atoms with Gasteiger partial charge in [-0.25, -0.2) is 9.31 Å². The van der Waals surface area contributed by atoms with Crippen LogP contribution in [0.2, 0.25) is 0 Å². The zero-order valence-electron chi connectivity index (χ0n) is 22.4. The largest absolute Gasteiger partial charge is 0.366 e. The fraction of sp³-hybridized carbons (Fsp3) is 0.517. The van der Waals surface area contributed by atoms with E-state index in [1.807, 2.05) is 29.5 Å². The molecule has 2 amide bonds. The molecule has 192 valence electrons. The lowest BCUT2D eigenvalue weighted by Crippen LogP contribution is -2.53. The molecule has 36 heavy (non-hydrogen) atoms. The van der Waals surface area contributed by atoms with Crippen LogP contribution in [-0.2, 0) is 5.54 Å². The lowest BCUT2D eigenvalue weighted by Gasteiger charge is -2.38. The van der Waals surface area contributed by atoms with Crippen molar-refractivity contribution < 1.29 is 4.79 Å². The molecule has 0 saturated carbocycles. The highest BCUT2D eigenvalue weighted by Crippen LogP contribution is 2.40. The standard InChI is InChI=1S/C29H40N6O/c1-21(2)31-28(36)33-17-15-32(16-18-33)26-11-13-30-35-20-24(19-27(26)35)23-7-9-25(10-8-23)29(5)12-6-14-34(29)22(3)4/h7-11,13,19-22H,6,12,14-18H2,1-5H3,(H,31,36)/t29-/m0/s1. The third-order valence-electron chi connectivity index (χ3n) is 7.97. The number of rotatable bonds is 5. The van der Waals surface area contributed by atoms with E-state index >= 15 is 0 Å². The van der Waals surface area contributed by atoms with Crippen LogP contribution in [0.15, 0.2) is 48.8 Å². The van der Waals surface area contributed by atoms with Gasteiger partial charge in [0.05, 0.1) is 11.2 Å². The van der Waals surface area contributed by atoms with E-state index < -0.39 is 0 Å². The van der Waals surface area contributed by atoms with Gasteiger partial charge >= 0.3 is 6.03 Å². The lowest BCUT2D eigenvalue weighted by molar-refractivity contribution is 0.117. The number of urea groups is 1. The number of benzene rings is 1. The molecule has 0 bridgehead atoms. The number of piperazine rings is 1. The van der Waals surface area contributed by atoms with Crippen LogP contribution in [0.5, 0.6) is 0 Å². The van der Waals surface area contributed by atoms with Crippen LogP contribution in [0, 0.1) is 0 Å².